The predicted octanol–water partition coefficient (Wildman–Crippen LogP) is 1.84. The molecule has 1 aromatic carbocycles. The van der Waals surface area contributed by atoms with E-state index in [0.29, 0.717) is 30.8 Å². The first-order valence-corrected chi connectivity index (χ1v) is 6.99. The molecule has 110 valence electrons. The van der Waals surface area contributed by atoms with Gasteiger partial charge < -0.3 is 16.0 Å². The van der Waals surface area contributed by atoms with Crippen LogP contribution in [-0.4, -0.2) is 35.8 Å². The van der Waals surface area contributed by atoms with Crippen molar-refractivity contribution in [1.82, 2.24) is 4.90 Å². The quantitative estimate of drug-likeness (QED) is 0.833. The molecular weight excluding hydrogens is 254 g/mol. The minimum Gasteiger partial charge on any atom is -0.339 e. The summed E-state index contributed by atoms with van der Waals surface area (Å²) in [4.78, 5) is 25.5. The molecule has 2 amide bonds. The Balaban J connectivity index is 2.74. The average Bonchev–Trinajstić information content (AvgIpc) is 2.48. The first-order valence-electron chi connectivity index (χ1n) is 6.99. The van der Waals surface area contributed by atoms with Crippen molar-refractivity contribution < 1.29 is 9.59 Å². The van der Waals surface area contributed by atoms with Gasteiger partial charge >= 0.3 is 0 Å². The largest absolute Gasteiger partial charge is 0.339 e. The van der Waals surface area contributed by atoms with Gasteiger partial charge in [0.15, 0.2) is 0 Å². The molecule has 1 aromatic rings. The van der Waals surface area contributed by atoms with Gasteiger partial charge in [-0.25, -0.2) is 0 Å². The van der Waals surface area contributed by atoms with E-state index >= 15 is 0 Å². The number of benzene rings is 1. The van der Waals surface area contributed by atoms with Crippen molar-refractivity contribution in [2.24, 2.45) is 5.73 Å². The zero-order valence-electron chi connectivity index (χ0n) is 12.3. The van der Waals surface area contributed by atoms with Crippen LogP contribution in [-0.2, 0) is 4.79 Å². The van der Waals surface area contributed by atoms with Crippen molar-refractivity contribution >= 4 is 17.5 Å². The summed E-state index contributed by atoms with van der Waals surface area (Å²) in [6.45, 7) is 7.11. The highest BCUT2D eigenvalue weighted by Gasteiger charge is 2.13. The summed E-state index contributed by atoms with van der Waals surface area (Å²) in [6, 6.07) is 6.36. The van der Waals surface area contributed by atoms with Crippen molar-refractivity contribution in [2.75, 3.05) is 18.4 Å². The third-order valence-electron chi connectivity index (χ3n) is 3.23. The van der Waals surface area contributed by atoms with E-state index in [1.54, 1.807) is 29.2 Å². The van der Waals surface area contributed by atoms with Crippen molar-refractivity contribution in [2.45, 2.75) is 33.2 Å². The third-order valence-corrected chi connectivity index (χ3v) is 3.23. The highest BCUT2D eigenvalue weighted by atomic mass is 16.2. The maximum absolute atomic E-state index is 12.1. The van der Waals surface area contributed by atoms with Gasteiger partial charge in [-0.2, -0.15) is 0 Å². The molecule has 1 unspecified atom stereocenters. The van der Waals surface area contributed by atoms with Crippen molar-refractivity contribution in [3.05, 3.63) is 29.8 Å². The van der Waals surface area contributed by atoms with Crippen molar-refractivity contribution in [3.63, 3.8) is 0 Å². The minimum atomic E-state index is -0.507. The number of amides is 2. The number of nitrogens with zero attached hydrogens (tertiary/aromatic N) is 1. The molecule has 0 fully saturated rings. The fraction of sp³-hybridized carbons (Fsp3) is 0.467. The second kappa shape index (κ2) is 7.65. The smallest absolute Gasteiger partial charge is 0.253 e. The maximum atomic E-state index is 12.1. The number of nitrogens with one attached hydrogen (secondary N) is 1. The second-order valence-corrected chi connectivity index (χ2v) is 4.56. The van der Waals surface area contributed by atoms with Gasteiger partial charge in [0.05, 0.1) is 6.04 Å². The first-order chi connectivity index (χ1) is 9.53. The van der Waals surface area contributed by atoms with Crippen LogP contribution in [0, 0.1) is 0 Å². The Morgan fingerprint density at radius 2 is 1.70 bits per heavy atom. The van der Waals surface area contributed by atoms with Crippen LogP contribution in [0.3, 0.4) is 0 Å². The highest BCUT2D eigenvalue weighted by Crippen LogP contribution is 2.12. The maximum Gasteiger partial charge on any atom is 0.253 e. The van der Waals surface area contributed by atoms with Crippen LogP contribution in [0.4, 0.5) is 5.69 Å². The Morgan fingerprint density at radius 1 is 1.15 bits per heavy atom. The number of anilines is 1. The molecular formula is C15H23N3O2. The van der Waals surface area contributed by atoms with Crippen LogP contribution in [0.25, 0.3) is 0 Å². The Hall–Kier alpha value is -1.88. The van der Waals surface area contributed by atoms with Crippen LogP contribution in [0.15, 0.2) is 24.3 Å². The normalized spacial score (nSPS) is 11.8. The molecule has 0 heterocycles. The summed E-state index contributed by atoms with van der Waals surface area (Å²) < 4.78 is 0. The van der Waals surface area contributed by atoms with Crippen LogP contribution in [0.1, 0.15) is 37.6 Å². The molecule has 0 bridgehead atoms. The van der Waals surface area contributed by atoms with Gasteiger partial charge in [-0.15, -0.1) is 0 Å². The summed E-state index contributed by atoms with van der Waals surface area (Å²) in [5.41, 5.74) is 6.91. The average molecular weight is 277 g/mol. The van der Waals surface area contributed by atoms with Crippen LogP contribution in [0.5, 0.6) is 0 Å². The Labute approximate surface area is 120 Å². The molecule has 0 aromatic heterocycles. The number of hydrogen-bond donors (Lipinski definition) is 2. The summed E-state index contributed by atoms with van der Waals surface area (Å²) in [6.07, 6.45) is 0.588. The van der Waals surface area contributed by atoms with Gasteiger partial charge in [0.2, 0.25) is 5.91 Å². The van der Waals surface area contributed by atoms with Gasteiger partial charge in [-0.1, -0.05) is 6.92 Å². The molecule has 20 heavy (non-hydrogen) atoms. The Morgan fingerprint density at radius 3 is 2.15 bits per heavy atom. The van der Waals surface area contributed by atoms with Crippen LogP contribution in [0.2, 0.25) is 0 Å². The molecule has 0 aliphatic carbocycles. The van der Waals surface area contributed by atoms with E-state index in [4.69, 9.17) is 5.73 Å². The molecule has 0 saturated carbocycles. The summed E-state index contributed by atoms with van der Waals surface area (Å²) in [5.74, 6) is -0.214. The number of nitrogens with two attached hydrogens (primary N) is 1. The Bertz CT molecular complexity index is 453. The fourth-order valence-electron chi connectivity index (χ4n) is 1.81. The predicted molar refractivity (Wildman–Crippen MR) is 80.6 cm³/mol. The van der Waals surface area contributed by atoms with E-state index in [-0.39, 0.29) is 11.8 Å². The van der Waals surface area contributed by atoms with Gasteiger partial charge in [0, 0.05) is 24.3 Å². The highest BCUT2D eigenvalue weighted by molar-refractivity contribution is 5.97. The van der Waals surface area contributed by atoms with Gasteiger partial charge in [-0.05, 0) is 44.5 Å². The van der Waals surface area contributed by atoms with E-state index in [1.165, 1.54) is 0 Å². The monoisotopic (exact) mass is 277 g/mol. The van der Waals surface area contributed by atoms with Gasteiger partial charge in [-0.3, -0.25) is 9.59 Å². The molecule has 5 nitrogen and oxygen atoms in total. The zero-order chi connectivity index (χ0) is 15.1. The van der Waals surface area contributed by atoms with Gasteiger partial charge in [0.1, 0.15) is 0 Å². The van der Waals surface area contributed by atoms with Crippen LogP contribution >= 0.6 is 0 Å². The molecule has 0 saturated heterocycles. The lowest BCUT2D eigenvalue weighted by Gasteiger charge is -2.18. The summed E-state index contributed by atoms with van der Waals surface area (Å²) in [7, 11) is 0. The molecule has 0 spiro atoms. The third kappa shape index (κ3) is 4.06. The zero-order valence-corrected chi connectivity index (χ0v) is 12.3. The molecule has 5 heteroatoms. The lowest BCUT2D eigenvalue weighted by atomic mass is 10.1. The summed E-state index contributed by atoms with van der Waals surface area (Å²) >= 11 is 0. The Kier molecular flexibility index (Phi) is 6.18. The number of hydrogen-bond acceptors (Lipinski definition) is 3. The molecule has 3 N–H and O–H groups in total. The van der Waals surface area contributed by atoms with Gasteiger partial charge in [0.25, 0.3) is 5.91 Å². The molecule has 0 aliphatic heterocycles. The molecule has 0 radical (unpaired) electrons. The molecule has 1 atom stereocenters. The van der Waals surface area contributed by atoms with E-state index in [1.807, 2.05) is 20.8 Å². The lowest BCUT2D eigenvalue weighted by Crippen LogP contribution is -2.34. The van der Waals surface area contributed by atoms with Crippen molar-refractivity contribution in [1.29, 1.82) is 0 Å². The number of carbonyl (C=O) groups is 2. The van der Waals surface area contributed by atoms with Crippen molar-refractivity contribution in [3.8, 4) is 0 Å². The minimum absolute atomic E-state index is 0.00173. The fourth-order valence-corrected chi connectivity index (χ4v) is 1.81. The molecule has 1 rings (SSSR count). The van der Waals surface area contributed by atoms with E-state index in [9.17, 15) is 9.59 Å². The first kappa shape index (κ1) is 16.2. The van der Waals surface area contributed by atoms with E-state index in [0.717, 1.165) is 0 Å². The molecule has 0 aliphatic rings. The number of rotatable bonds is 6. The second-order valence-electron chi connectivity index (χ2n) is 4.56. The lowest BCUT2D eigenvalue weighted by molar-refractivity contribution is -0.117. The number of carbonyl (C=O) groups excluding carboxylic acids is 2. The van der Waals surface area contributed by atoms with E-state index < -0.39 is 6.04 Å². The topological polar surface area (TPSA) is 75.4 Å². The van der Waals surface area contributed by atoms with E-state index in [2.05, 4.69) is 5.32 Å². The summed E-state index contributed by atoms with van der Waals surface area (Å²) in [5, 5.41) is 2.73. The standard InChI is InChI=1S/C15H23N3O2/c1-4-13(16)14(19)17-12-9-7-11(8-10-12)15(20)18(5-2)6-3/h7-10,13H,4-6,16H2,1-3H3,(H,17,19). The van der Waals surface area contributed by atoms with Crippen LogP contribution < -0.4 is 11.1 Å². The SMILES string of the molecule is CCC(N)C(=O)Nc1ccc(C(=O)N(CC)CC)cc1.